The fourth-order valence-electron chi connectivity index (χ4n) is 2.91. The largest absolute Gasteiger partial charge is 0.382 e. The van der Waals surface area contributed by atoms with Gasteiger partial charge in [0.1, 0.15) is 5.82 Å². The van der Waals surface area contributed by atoms with Gasteiger partial charge < -0.3 is 10.2 Å². The van der Waals surface area contributed by atoms with Gasteiger partial charge >= 0.3 is 0 Å². The summed E-state index contributed by atoms with van der Waals surface area (Å²) in [5.74, 6) is -0.481. The number of carbonyl (C=O) groups is 1. The van der Waals surface area contributed by atoms with E-state index in [1.807, 2.05) is 0 Å². The predicted octanol–water partition coefficient (Wildman–Crippen LogP) is 2.77. The van der Waals surface area contributed by atoms with Crippen LogP contribution in [0.1, 0.15) is 44.1 Å². The molecule has 5 heteroatoms. The van der Waals surface area contributed by atoms with Gasteiger partial charge in [0.2, 0.25) is 6.10 Å². The molecule has 21 heavy (non-hydrogen) atoms. The van der Waals surface area contributed by atoms with Crippen LogP contribution in [-0.2, 0) is 9.63 Å². The third-order valence-electron chi connectivity index (χ3n) is 4.10. The van der Waals surface area contributed by atoms with Crippen molar-refractivity contribution in [2.45, 2.75) is 50.7 Å². The third-order valence-corrected chi connectivity index (χ3v) is 4.10. The predicted molar refractivity (Wildman–Crippen MR) is 77.4 cm³/mol. The molecule has 0 bridgehead atoms. The Morgan fingerprint density at radius 2 is 2.00 bits per heavy atom. The Balaban J connectivity index is 1.58. The number of rotatable bonds is 3. The molecular weight excluding hydrogens is 271 g/mol. The van der Waals surface area contributed by atoms with Gasteiger partial charge in [0.25, 0.3) is 5.91 Å². The molecule has 1 unspecified atom stereocenters. The fraction of sp³-hybridized carbons (Fsp3) is 0.500. The van der Waals surface area contributed by atoms with Crippen LogP contribution in [0.4, 0.5) is 4.39 Å². The molecule has 1 aromatic carbocycles. The summed E-state index contributed by atoms with van der Waals surface area (Å²) in [6.45, 7) is 0. The van der Waals surface area contributed by atoms with Crippen molar-refractivity contribution < 1.29 is 14.0 Å². The minimum absolute atomic E-state index is 0.142. The van der Waals surface area contributed by atoms with E-state index in [1.165, 1.54) is 12.5 Å². The SMILES string of the molecule is O=C(NC1CCCCC1)C1CC(c2ccccc2F)=NO1. The molecule has 1 N–H and O–H groups in total. The number of amides is 1. The number of halogens is 1. The van der Waals surface area contributed by atoms with Gasteiger partial charge in [0, 0.05) is 18.0 Å². The Morgan fingerprint density at radius 1 is 1.24 bits per heavy atom. The van der Waals surface area contributed by atoms with Crippen LogP contribution in [0, 0.1) is 5.82 Å². The van der Waals surface area contributed by atoms with Gasteiger partial charge in [-0.05, 0) is 18.9 Å². The number of hydrogen-bond donors (Lipinski definition) is 1. The third kappa shape index (κ3) is 3.23. The van der Waals surface area contributed by atoms with Crippen molar-refractivity contribution in [1.29, 1.82) is 0 Å². The quantitative estimate of drug-likeness (QED) is 0.930. The smallest absolute Gasteiger partial charge is 0.264 e. The highest BCUT2D eigenvalue weighted by Crippen LogP contribution is 2.21. The zero-order chi connectivity index (χ0) is 14.7. The molecule has 4 nitrogen and oxygen atoms in total. The molecular formula is C16H19FN2O2. The maximum Gasteiger partial charge on any atom is 0.264 e. The zero-order valence-electron chi connectivity index (χ0n) is 11.8. The van der Waals surface area contributed by atoms with Crippen molar-refractivity contribution in [3.8, 4) is 0 Å². The van der Waals surface area contributed by atoms with Crippen LogP contribution in [0.15, 0.2) is 29.4 Å². The number of nitrogens with one attached hydrogen (secondary N) is 1. The van der Waals surface area contributed by atoms with Crippen molar-refractivity contribution >= 4 is 11.6 Å². The molecule has 1 saturated carbocycles. The molecule has 1 heterocycles. The summed E-state index contributed by atoms with van der Waals surface area (Å²) in [5, 5.41) is 6.89. The van der Waals surface area contributed by atoms with Crippen LogP contribution in [0.2, 0.25) is 0 Å². The van der Waals surface area contributed by atoms with E-state index in [1.54, 1.807) is 18.2 Å². The normalized spacial score (nSPS) is 22.5. The average molecular weight is 290 g/mol. The molecule has 0 saturated heterocycles. The van der Waals surface area contributed by atoms with E-state index in [4.69, 9.17) is 4.84 Å². The molecule has 112 valence electrons. The van der Waals surface area contributed by atoms with Crippen LogP contribution in [0.25, 0.3) is 0 Å². The molecule has 2 aliphatic rings. The Morgan fingerprint density at radius 3 is 2.76 bits per heavy atom. The van der Waals surface area contributed by atoms with Gasteiger partial charge in [-0.1, -0.05) is 42.6 Å². The van der Waals surface area contributed by atoms with E-state index in [0.717, 1.165) is 25.7 Å². The highest BCUT2D eigenvalue weighted by atomic mass is 19.1. The molecule has 1 fully saturated rings. The first-order chi connectivity index (χ1) is 10.2. The second-order valence-electron chi connectivity index (χ2n) is 5.66. The van der Waals surface area contributed by atoms with Crippen molar-refractivity contribution in [1.82, 2.24) is 5.32 Å². The lowest BCUT2D eigenvalue weighted by Gasteiger charge is -2.23. The molecule has 1 aromatic rings. The van der Waals surface area contributed by atoms with Gasteiger partial charge in [0.05, 0.1) is 5.71 Å². The summed E-state index contributed by atoms with van der Waals surface area (Å²) in [6, 6.07) is 6.65. The summed E-state index contributed by atoms with van der Waals surface area (Å²) < 4.78 is 13.7. The van der Waals surface area contributed by atoms with Gasteiger partial charge in [-0.15, -0.1) is 0 Å². The average Bonchev–Trinajstić information content (AvgIpc) is 2.98. The van der Waals surface area contributed by atoms with Crippen LogP contribution < -0.4 is 5.32 Å². The maximum atomic E-state index is 13.7. The van der Waals surface area contributed by atoms with E-state index >= 15 is 0 Å². The first-order valence-corrected chi connectivity index (χ1v) is 7.52. The van der Waals surface area contributed by atoms with E-state index in [2.05, 4.69) is 10.5 Å². The number of oxime groups is 1. The van der Waals surface area contributed by atoms with Crippen LogP contribution >= 0.6 is 0 Å². The molecule has 3 rings (SSSR count). The van der Waals surface area contributed by atoms with Crippen molar-refractivity contribution in [2.75, 3.05) is 0 Å². The van der Waals surface area contributed by atoms with E-state index in [-0.39, 0.29) is 17.8 Å². The van der Waals surface area contributed by atoms with Crippen molar-refractivity contribution in [2.24, 2.45) is 5.16 Å². The lowest BCUT2D eigenvalue weighted by molar-refractivity contribution is -0.132. The van der Waals surface area contributed by atoms with E-state index in [9.17, 15) is 9.18 Å². The van der Waals surface area contributed by atoms with Gasteiger partial charge in [0.15, 0.2) is 0 Å². The van der Waals surface area contributed by atoms with Crippen molar-refractivity contribution in [3.63, 3.8) is 0 Å². The number of nitrogens with zero attached hydrogens (tertiary/aromatic N) is 1. The molecule has 1 atom stereocenters. The van der Waals surface area contributed by atoms with Gasteiger partial charge in [-0.3, -0.25) is 4.79 Å². The lowest BCUT2D eigenvalue weighted by Crippen LogP contribution is -2.42. The van der Waals surface area contributed by atoms with Gasteiger partial charge in [-0.25, -0.2) is 4.39 Å². The van der Waals surface area contributed by atoms with Crippen LogP contribution in [0.5, 0.6) is 0 Å². The summed E-state index contributed by atoms with van der Waals surface area (Å²) in [6.07, 6.45) is 5.30. The molecule has 0 aromatic heterocycles. The highest BCUT2D eigenvalue weighted by Gasteiger charge is 2.31. The van der Waals surface area contributed by atoms with E-state index in [0.29, 0.717) is 17.7 Å². The van der Waals surface area contributed by atoms with Gasteiger partial charge in [-0.2, -0.15) is 0 Å². The minimum atomic E-state index is -0.637. The Kier molecular flexibility index (Phi) is 4.18. The first-order valence-electron chi connectivity index (χ1n) is 7.52. The summed E-state index contributed by atoms with van der Waals surface area (Å²) in [4.78, 5) is 17.4. The number of benzene rings is 1. The molecule has 1 aliphatic carbocycles. The summed E-state index contributed by atoms with van der Waals surface area (Å²) in [5.41, 5.74) is 0.905. The first kappa shape index (κ1) is 14.0. The summed E-state index contributed by atoms with van der Waals surface area (Å²) >= 11 is 0. The van der Waals surface area contributed by atoms with Crippen LogP contribution in [0.3, 0.4) is 0 Å². The van der Waals surface area contributed by atoms with E-state index < -0.39 is 6.10 Å². The maximum absolute atomic E-state index is 13.7. The zero-order valence-corrected chi connectivity index (χ0v) is 11.8. The highest BCUT2D eigenvalue weighted by molar-refractivity contribution is 6.04. The second kappa shape index (κ2) is 6.24. The topological polar surface area (TPSA) is 50.7 Å². The second-order valence-corrected chi connectivity index (χ2v) is 5.66. The number of carbonyl (C=O) groups excluding carboxylic acids is 1. The standard InChI is InChI=1S/C16H19FN2O2/c17-13-9-5-4-8-12(13)14-10-15(21-19-14)16(20)18-11-6-2-1-3-7-11/h4-5,8-9,11,15H,1-3,6-7,10H2,(H,18,20). The Labute approximate surface area is 123 Å². The number of hydrogen-bond acceptors (Lipinski definition) is 3. The molecule has 1 aliphatic heterocycles. The van der Waals surface area contributed by atoms with Crippen LogP contribution in [-0.4, -0.2) is 23.8 Å². The molecule has 0 radical (unpaired) electrons. The minimum Gasteiger partial charge on any atom is -0.382 e. The lowest BCUT2D eigenvalue weighted by atomic mass is 9.95. The Bertz CT molecular complexity index is 553. The molecule has 1 amide bonds. The molecule has 0 spiro atoms. The summed E-state index contributed by atoms with van der Waals surface area (Å²) in [7, 11) is 0. The monoisotopic (exact) mass is 290 g/mol. The Hall–Kier alpha value is -1.91. The fourth-order valence-corrected chi connectivity index (χ4v) is 2.91. The van der Waals surface area contributed by atoms with Crippen molar-refractivity contribution in [3.05, 3.63) is 35.6 Å².